The lowest BCUT2D eigenvalue weighted by Crippen LogP contribution is -2.44. The highest BCUT2D eigenvalue weighted by molar-refractivity contribution is 6.22. The van der Waals surface area contributed by atoms with Crippen molar-refractivity contribution in [2.45, 2.75) is 33.1 Å². The number of carbonyl (C=O) groups excluding carboxylic acids is 4. The predicted octanol–water partition coefficient (Wildman–Crippen LogP) is 1.78. The number of benzene rings is 1. The van der Waals surface area contributed by atoms with Crippen molar-refractivity contribution in [3.05, 3.63) is 35.4 Å². The molecule has 0 N–H and O–H groups in total. The summed E-state index contributed by atoms with van der Waals surface area (Å²) >= 11 is 0. The van der Waals surface area contributed by atoms with E-state index in [-0.39, 0.29) is 24.3 Å². The van der Waals surface area contributed by atoms with Gasteiger partial charge in [-0.15, -0.1) is 0 Å². The second-order valence-corrected chi connectivity index (χ2v) is 7.32. The van der Waals surface area contributed by atoms with Crippen LogP contribution in [0.3, 0.4) is 0 Å². The topological polar surface area (TPSA) is 78.0 Å². The van der Waals surface area contributed by atoms with Gasteiger partial charge in [0, 0.05) is 32.1 Å². The zero-order valence-corrected chi connectivity index (χ0v) is 16.5. The van der Waals surface area contributed by atoms with Gasteiger partial charge in [-0.2, -0.15) is 0 Å². The normalized spacial score (nSPS) is 17.2. The molecule has 7 nitrogen and oxygen atoms in total. The van der Waals surface area contributed by atoms with Crippen LogP contribution in [0.5, 0.6) is 0 Å². The Hall–Kier alpha value is -2.70. The fourth-order valence-corrected chi connectivity index (χ4v) is 3.90. The van der Waals surface area contributed by atoms with E-state index < -0.39 is 11.8 Å². The highest BCUT2D eigenvalue weighted by atomic mass is 16.2. The summed E-state index contributed by atoms with van der Waals surface area (Å²) in [6.45, 7) is 5.84. The monoisotopic (exact) mass is 385 g/mol. The third kappa shape index (κ3) is 3.79. The molecule has 4 amide bonds. The molecule has 0 aromatic heterocycles. The van der Waals surface area contributed by atoms with E-state index in [4.69, 9.17) is 0 Å². The molecule has 0 saturated carbocycles. The van der Waals surface area contributed by atoms with E-state index in [2.05, 4.69) is 0 Å². The Morgan fingerprint density at radius 1 is 0.893 bits per heavy atom. The van der Waals surface area contributed by atoms with Crippen LogP contribution in [0.2, 0.25) is 0 Å². The second-order valence-electron chi connectivity index (χ2n) is 7.32. The van der Waals surface area contributed by atoms with Crippen molar-refractivity contribution in [1.82, 2.24) is 14.7 Å². The molecule has 1 aromatic rings. The number of fused-ring (bicyclic) bond motifs is 1. The number of carbonyl (C=O) groups is 4. The molecule has 2 heterocycles. The summed E-state index contributed by atoms with van der Waals surface area (Å²) in [5.41, 5.74) is 0.691. The summed E-state index contributed by atoms with van der Waals surface area (Å²) in [6, 6.07) is 6.62. The third-order valence-electron chi connectivity index (χ3n) is 5.67. The Morgan fingerprint density at radius 2 is 1.43 bits per heavy atom. The average molecular weight is 385 g/mol. The minimum absolute atomic E-state index is 0.0283. The standard InChI is InChI=1S/C21H27N3O4/c1-3-15(4-2)19(26)23-11-7-10-22(12-13-23)18(25)14-24-20(27)16-8-5-6-9-17(16)21(24)28/h5-6,8-9,15H,3-4,7,10-14H2,1-2H3. The highest BCUT2D eigenvalue weighted by Crippen LogP contribution is 2.22. The lowest BCUT2D eigenvalue weighted by atomic mass is 10.0. The molecule has 0 bridgehead atoms. The van der Waals surface area contributed by atoms with Crippen LogP contribution in [0.4, 0.5) is 0 Å². The molecule has 0 aliphatic carbocycles. The molecule has 0 atom stereocenters. The van der Waals surface area contributed by atoms with E-state index in [0.717, 1.165) is 17.7 Å². The van der Waals surface area contributed by atoms with Crippen molar-refractivity contribution in [2.75, 3.05) is 32.7 Å². The summed E-state index contributed by atoms with van der Waals surface area (Å²) in [5.74, 6) is -0.921. The SMILES string of the molecule is CCC(CC)C(=O)N1CCCN(C(=O)CN2C(=O)c3ccccc3C2=O)CC1. The molecule has 0 unspecified atom stereocenters. The summed E-state index contributed by atoms with van der Waals surface area (Å²) < 4.78 is 0. The average Bonchev–Trinajstić information content (AvgIpc) is 2.89. The van der Waals surface area contributed by atoms with Crippen LogP contribution in [0.25, 0.3) is 0 Å². The number of nitrogens with zero attached hydrogens (tertiary/aromatic N) is 3. The van der Waals surface area contributed by atoms with Gasteiger partial charge in [-0.1, -0.05) is 26.0 Å². The number of imide groups is 1. The van der Waals surface area contributed by atoms with E-state index in [0.29, 0.717) is 43.7 Å². The van der Waals surface area contributed by atoms with Gasteiger partial charge in [-0.05, 0) is 31.4 Å². The molecule has 1 aromatic carbocycles. The second kappa shape index (κ2) is 8.54. The minimum Gasteiger partial charge on any atom is -0.341 e. The van der Waals surface area contributed by atoms with Crippen LogP contribution in [0.15, 0.2) is 24.3 Å². The summed E-state index contributed by atoms with van der Waals surface area (Å²) in [7, 11) is 0. The molecule has 2 aliphatic rings. The van der Waals surface area contributed by atoms with Crippen LogP contribution in [0.1, 0.15) is 53.8 Å². The van der Waals surface area contributed by atoms with Crippen molar-refractivity contribution < 1.29 is 19.2 Å². The summed E-state index contributed by atoms with van der Waals surface area (Å²) in [5, 5.41) is 0. The predicted molar refractivity (Wildman–Crippen MR) is 104 cm³/mol. The lowest BCUT2D eigenvalue weighted by Gasteiger charge is -2.26. The minimum atomic E-state index is -0.422. The van der Waals surface area contributed by atoms with Gasteiger partial charge in [0.2, 0.25) is 11.8 Å². The van der Waals surface area contributed by atoms with E-state index in [1.807, 2.05) is 18.7 Å². The van der Waals surface area contributed by atoms with E-state index >= 15 is 0 Å². The molecule has 0 radical (unpaired) electrons. The van der Waals surface area contributed by atoms with Crippen LogP contribution < -0.4 is 0 Å². The van der Waals surface area contributed by atoms with Crippen molar-refractivity contribution in [2.24, 2.45) is 5.92 Å². The fourth-order valence-electron chi connectivity index (χ4n) is 3.90. The molecule has 2 aliphatic heterocycles. The van der Waals surface area contributed by atoms with Crippen molar-refractivity contribution in [3.63, 3.8) is 0 Å². The van der Waals surface area contributed by atoms with Crippen LogP contribution >= 0.6 is 0 Å². The Kier molecular flexibility index (Phi) is 6.11. The fraction of sp³-hybridized carbons (Fsp3) is 0.524. The molecule has 7 heteroatoms. The third-order valence-corrected chi connectivity index (χ3v) is 5.67. The molecule has 28 heavy (non-hydrogen) atoms. The number of amides is 4. The van der Waals surface area contributed by atoms with Gasteiger partial charge in [-0.3, -0.25) is 24.1 Å². The highest BCUT2D eigenvalue weighted by Gasteiger charge is 2.37. The molecule has 0 spiro atoms. The first-order valence-electron chi connectivity index (χ1n) is 9.99. The van der Waals surface area contributed by atoms with Crippen molar-refractivity contribution >= 4 is 23.6 Å². The summed E-state index contributed by atoms with van der Waals surface area (Å²) in [4.78, 5) is 54.8. The van der Waals surface area contributed by atoms with Gasteiger partial charge >= 0.3 is 0 Å². The van der Waals surface area contributed by atoms with Crippen LogP contribution in [0, 0.1) is 5.92 Å². The number of hydrogen-bond donors (Lipinski definition) is 0. The van der Waals surface area contributed by atoms with Crippen molar-refractivity contribution in [3.8, 4) is 0 Å². The molecular formula is C21H27N3O4. The van der Waals surface area contributed by atoms with E-state index in [9.17, 15) is 19.2 Å². The summed E-state index contributed by atoms with van der Waals surface area (Å²) in [6.07, 6.45) is 2.32. The van der Waals surface area contributed by atoms with Crippen molar-refractivity contribution in [1.29, 1.82) is 0 Å². The molecule has 3 rings (SSSR count). The Balaban J connectivity index is 1.61. The molecule has 150 valence electrons. The zero-order chi connectivity index (χ0) is 20.3. The van der Waals surface area contributed by atoms with Crippen LogP contribution in [-0.2, 0) is 9.59 Å². The van der Waals surface area contributed by atoms with Gasteiger partial charge in [-0.25, -0.2) is 0 Å². The Morgan fingerprint density at radius 3 is 2.00 bits per heavy atom. The smallest absolute Gasteiger partial charge is 0.262 e. The Labute approximate surface area is 165 Å². The maximum absolute atomic E-state index is 12.7. The van der Waals surface area contributed by atoms with Gasteiger partial charge in [0.15, 0.2) is 0 Å². The van der Waals surface area contributed by atoms with Gasteiger partial charge < -0.3 is 9.80 Å². The number of rotatable bonds is 5. The molecule has 1 fully saturated rings. The zero-order valence-electron chi connectivity index (χ0n) is 16.5. The van der Waals surface area contributed by atoms with Gasteiger partial charge in [0.25, 0.3) is 11.8 Å². The van der Waals surface area contributed by atoms with E-state index in [1.165, 1.54) is 0 Å². The first kappa shape index (κ1) is 20.0. The van der Waals surface area contributed by atoms with E-state index in [1.54, 1.807) is 29.2 Å². The molecule has 1 saturated heterocycles. The maximum Gasteiger partial charge on any atom is 0.262 e. The molecular weight excluding hydrogens is 358 g/mol. The Bertz CT molecular complexity index is 753. The number of hydrogen-bond acceptors (Lipinski definition) is 4. The maximum atomic E-state index is 12.7. The van der Waals surface area contributed by atoms with Gasteiger partial charge in [0.05, 0.1) is 11.1 Å². The van der Waals surface area contributed by atoms with Crippen LogP contribution in [-0.4, -0.2) is 71.1 Å². The largest absolute Gasteiger partial charge is 0.341 e. The first-order valence-corrected chi connectivity index (χ1v) is 9.99. The lowest BCUT2D eigenvalue weighted by molar-refractivity contribution is -0.136. The first-order chi connectivity index (χ1) is 13.5. The van der Waals surface area contributed by atoms with Gasteiger partial charge in [0.1, 0.15) is 6.54 Å². The quantitative estimate of drug-likeness (QED) is 0.724.